The number of rotatable bonds is 0. The van der Waals surface area contributed by atoms with Crippen molar-refractivity contribution in [1.29, 1.82) is 0 Å². The van der Waals surface area contributed by atoms with Crippen LogP contribution in [0.4, 0.5) is 0 Å². The Labute approximate surface area is 89.8 Å². The minimum atomic E-state index is 0.185. The first kappa shape index (κ1) is 9.73. The largest absolute Gasteiger partial charge is 0.293 e. The van der Waals surface area contributed by atoms with Crippen LogP contribution in [0.15, 0.2) is 42.0 Å². The summed E-state index contributed by atoms with van der Waals surface area (Å²) in [6, 6.07) is 9.74. The highest BCUT2D eigenvalue weighted by molar-refractivity contribution is 6.00. The lowest BCUT2D eigenvalue weighted by atomic mass is 9.98. The maximum absolute atomic E-state index is 11.4. The van der Waals surface area contributed by atoms with Gasteiger partial charge >= 0.3 is 0 Å². The Morgan fingerprint density at radius 1 is 1.07 bits per heavy atom. The third-order valence-corrected chi connectivity index (χ3v) is 2.37. The van der Waals surface area contributed by atoms with Gasteiger partial charge in [0, 0.05) is 12.0 Å². The lowest BCUT2D eigenvalue weighted by Gasteiger charge is -2.04. The van der Waals surface area contributed by atoms with Gasteiger partial charge in [0.2, 0.25) is 0 Å². The van der Waals surface area contributed by atoms with Crippen molar-refractivity contribution < 1.29 is 4.79 Å². The van der Waals surface area contributed by atoms with E-state index in [4.69, 9.17) is 0 Å². The molecule has 1 aromatic rings. The van der Waals surface area contributed by atoms with Gasteiger partial charge in [-0.2, -0.15) is 0 Å². The minimum absolute atomic E-state index is 0.185. The van der Waals surface area contributed by atoms with Crippen LogP contribution in [0, 0.1) is 11.8 Å². The standard InChI is InChI=1S/C14H12O/c15-14-9-5-4-8-13(14)11-10-12-6-2-1-3-7-12/h1-3,6-8H,4-5,9H2. The molecule has 0 N–H and O–H groups in total. The highest BCUT2D eigenvalue weighted by atomic mass is 16.1. The summed E-state index contributed by atoms with van der Waals surface area (Å²) in [4.78, 5) is 11.4. The summed E-state index contributed by atoms with van der Waals surface area (Å²) in [5.41, 5.74) is 1.64. The summed E-state index contributed by atoms with van der Waals surface area (Å²) < 4.78 is 0. The molecule has 0 aromatic heterocycles. The maximum Gasteiger partial charge on any atom is 0.170 e. The van der Waals surface area contributed by atoms with Gasteiger partial charge in [0.05, 0.1) is 5.57 Å². The van der Waals surface area contributed by atoms with Gasteiger partial charge in [0.1, 0.15) is 0 Å². The van der Waals surface area contributed by atoms with E-state index in [1.807, 2.05) is 36.4 Å². The number of ketones is 1. The third-order valence-electron chi connectivity index (χ3n) is 2.37. The van der Waals surface area contributed by atoms with E-state index in [1.165, 1.54) is 0 Å². The van der Waals surface area contributed by atoms with Gasteiger partial charge in [-0.15, -0.1) is 0 Å². The van der Waals surface area contributed by atoms with Crippen LogP contribution < -0.4 is 0 Å². The van der Waals surface area contributed by atoms with Gasteiger partial charge < -0.3 is 0 Å². The average Bonchev–Trinajstić information content (AvgIpc) is 2.29. The Balaban J connectivity index is 2.18. The summed E-state index contributed by atoms with van der Waals surface area (Å²) in [5.74, 6) is 6.14. The Bertz CT molecular complexity index is 443. The monoisotopic (exact) mass is 196 g/mol. The molecule has 0 atom stereocenters. The molecule has 0 spiro atoms. The summed E-state index contributed by atoms with van der Waals surface area (Å²) in [6.45, 7) is 0. The van der Waals surface area contributed by atoms with Crippen LogP contribution in [-0.4, -0.2) is 5.78 Å². The Hall–Kier alpha value is -1.81. The van der Waals surface area contributed by atoms with Gasteiger partial charge in [-0.3, -0.25) is 4.79 Å². The zero-order valence-corrected chi connectivity index (χ0v) is 8.49. The van der Waals surface area contributed by atoms with Crippen molar-refractivity contribution in [3.05, 3.63) is 47.5 Å². The van der Waals surface area contributed by atoms with Crippen LogP contribution in [0.25, 0.3) is 0 Å². The van der Waals surface area contributed by atoms with Crippen molar-refractivity contribution in [1.82, 2.24) is 0 Å². The van der Waals surface area contributed by atoms with E-state index in [-0.39, 0.29) is 5.78 Å². The van der Waals surface area contributed by atoms with E-state index < -0.39 is 0 Å². The molecule has 1 nitrogen and oxygen atoms in total. The first-order valence-corrected chi connectivity index (χ1v) is 5.17. The first-order valence-electron chi connectivity index (χ1n) is 5.17. The predicted molar refractivity (Wildman–Crippen MR) is 60.3 cm³/mol. The summed E-state index contributed by atoms with van der Waals surface area (Å²) >= 11 is 0. The molecule has 0 heterocycles. The van der Waals surface area contributed by atoms with Crippen molar-refractivity contribution in [2.75, 3.05) is 0 Å². The molecule has 74 valence electrons. The number of allylic oxidation sites excluding steroid dienone is 2. The van der Waals surface area contributed by atoms with E-state index in [1.54, 1.807) is 0 Å². The van der Waals surface area contributed by atoms with Gasteiger partial charge in [-0.05, 0) is 25.0 Å². The Kier molecular flexibility index (Phi) is 2.99. The molecule has 0 unspecified atom stereocenters. The van der Waals surface area contributed by atoms with Gasteiger partial charge in [-0.1, -0.05) is 36.1 Å². The highest BCUT2D eigenvalue weighted by Gasteiger charge is 2.10. The lowest BCUT2D eigenvalue weighted by molar-refractivity contribution is -0.115. The van der Waals surface area contributed by atoms with Crippen molar-refractivity contribution in [2.45, 2.75) is 19.3 Å². The lowest BCUT2D eigenvalue weighted by Crippen LogP contribution is -2.04. The molecular weight excluding hydrogens is 184 g/mol. The number of Topliss-reactive ketones (excluding diaryl/α,β-unsaturated/α-hetero) is 1. The van der Waals surface area contributed by atoms with Crippen LogP contribution in [0.3, 0.4) is 0 Å². The number of benzene rings is 1. The van der Waals surface area contributed by atoms with Gasteiger partial charge in [-0.25, -0.2) is 0 Å². The van der Waals surface area contributed by atoms with E-state index in [9.17, 15) is 4.79 Å². The fourth-order valence-electron chi connectivity index (χ4n) is 1.54. The molecule has 0 radical (unpaired) electrons. The van der Waals surface area contributed by atoms with Crippen molar-refractivity contribution in [3.63, 3.8) is 0 Å². The summed E-state index contributed by atoms with van der Waals surface area (Å²) in [5, 5.41) is 0. The van der Waals surface area contributed by atoms with Crippen LogP contribution in [-0.2, 0) is 4.79 Å². The quantitative estimate of drug-likeness (QED) is 0.583. The number of hydrogen-bond donors (Lipinski definition) is 0. The predicted octanol–water partition coefficient (Wildman–Crippen LogP) is 2.72. The fourth-order valence-corrected chi connectivity index (χ4v) is 1.54. The Morgan fingerprint density at radius 2 is 1.87 bits per heavy atom. The molecule has 0 bridgehead atoms. The average molecular weight is 196 g/mol. The van der Waals surface area contributed by atoms with Gasteiger partial charge in [0.15, 0.2) is 5.78 Å². The van der Waals surface area contributed by atoms with Crippen LogP contribution >= 0.6 is 0 Å². The molecule has 1 aliphatic rings. The van der Waals surface area contributed by atoms with Crippen LogP contribution in [0.2, 0.25) is 0 Å². The number of hydrogen-bond acceptors (Lipinski definition) is 1. The molecule has 1 aromatic carbocycles. The molecule has 0 fully saturated rings. The number of carbonyl (C=O) groups is 1. The van der Waals surface area contributed by atoms with Crippen LogP contribution in [0.1, 0.15) is 24.8 Å². The zero-order chi connectivity index (χ0) is 10.5. The third kappa shape index (κ3) is 2.57. The molecule has 1 heteroatoms. The highest BCUT2D eigenvalue weighted by Crippen LogP contribution is 2.13. The second-order valence-corrected chi connectivity index (χ2v) is 3.55. The topological polar surface area (TPSA) is 17.1 Å². The molecule has 15 heavy (non-hydrogen) atoms. The van der Waals surface area contributed by atoms with E-state index in [0.717, 1.165) is 18.4 Å². The maximum atomic E-state index is 11.4. The summed E-state index contributed by atoms with van der Waals surface area (Å²) in [6.07, 6.45) is 4.54. The smallest absolute Gasteiger partial charge is 0.170 e. The molecular formula is C14H12O. The van der Waals surface area contributed by atoms with E-state index >= 15 is 0 Å². The molecule has 0 saturated heterocycles. The summed E-state index contributed by atoms with van der Waals surface area (Å²) in [7, 11) is 0. The second-order valence-electron chi connectivity index (χ2n) is 3.55. The van der Waals surface area contributed by atoms with E-state index in [0.29, 0.717) is 12.0 Å². The van der Waals surface area contributed by atoms with Crippen molar-refractivity contribution in [3.8, 4) is 11.8 Å². The van der Waals surface area contributed by atoms with Crippen LogP contribution in [0.5, 0.6) is 0 Å². The van der Waals surface area contributed by atoms with E-state index in [2.05, 4.69) is 11.8 Å². The van der Waals surface area contributed by atoms with Gasteiger partial charge in [0.25, 0.3) is 0 Å². The fraction of sp³-hybridized carbons (Fsp3) is 0.214. The molecule has 1 aliphatic carbocycles. The van der Waals surface area contributed by atoms with Crippen molar-refractivity contribution >= 4 is 5.78 Å². The Morgan fingerprint density at radius 3 is 2.60 bits per heavy atom. The molecule has 2 rings (SSSR count). The minimum Gasteiger partial charge on any atom is -0.293 e. The van der Waals surface area contributed by atoms with Crippen molar-refractivity contribution in [2.24, 2.45) is 0 Å². The molecule has 0 amide bonds. The molecule has 0 aliphatic heterocycles. The SMILES string of the molecule is O=C1CCCC=C1C#Cc1ccccc1. The molecule has 0 saturated carbocycles. The number of carbonyl (C=O) groups excluding carboxylic acids is 1. The zero-order valence-electron chi connectivity index (χ0n) is 8.49. The second kappa shape index (κ2) is 4.61. The normalized spacial score (nSPS) is 15.2. The first-order chi connectivity index (χ1) is 7.36.